The van der Waals surface area contributed by atoms with Gasteiger partial charge in [0, 0.05) is 0 Å². The fourth-order valence-corrected chi connectivity index (χ4v) is 1.31. The highest BCUT2D eigenvalue weighted by atomic mass is 19.4. The Hall–Kier alpha value is -1.40. The van der Waals surface area contributed by atoms with Crippen LogP contribution in [0.2, 0.25) is 0 Å². The molecule has 102 valence electrons. The minimum atomic E-state index is -5.02. The van der Waals surface area contributed by atoms with E-state index in [0.717, 1.165) is 12.1 Å². The predicted octanol–water partition coefficient (Wildman–Crippen LogP) is 4.73. The fourth-order valence-electron chi connectivity index (χ4n) is 1.31. The lowest BCUT2D eigenvalue weighted by molar-refractivity contribution is -0.274. The van der Waals surface area contributed by atoms with E-state index >= 15 is 0 Å². The van der Waals surface area contributed by atoms with Crippen molar-refractivity contribution in [2.24, 2.45) is 0 Å². The second-order valence-electron chi connectivity index (χ2n) is 3.99. The molecule has 18 heavy (non-hydrogen) atoms. The first kappa shape index (κ1) is 14.7. The van der Waals surface area contributed by atoms with Gasteiger partial charge in [0.1, 0.15) is 5.75 Å². The van der Waals surface area contributed by atoms with Crippen molar-refractivity contribution >= 4 is 0 Å². The largest absolute Gasteiger partial charge is 0.573 e. The third-order valence-corrected chi connectivity index (χ3v) is 2.16. The molecule has 1 rings (SSSR count). The van der Waals surface area contributed by atoms with Crippen LogP contribution in [0.25, 0.3) is 0 Å². The number of ether oxygens (including phenoxy) is 1. The molecular formula is C11H10F6O. The van der Waals surface area contributed by atoms with Crippen LogP contribution in [0.15, 0.2) is 18.2 Å². The zero-order chi connectivity index (χ0) is 14.1. The molecule has 0 saturated heterocycles. The minimum absolute atomic E-state index is 0.129. The van der Waals surface area contributed by atoms with Crippen LogP contribution in [0.1, 0.15) is 30.9 Å². The first-order valence-electron chi connectivity index (χ1n) is 4.97. The molecule has 0 atom stereocenters. The summed E-state index contributed by atoms with van der Waals surface area (Å²) in [6.45, 7) is 3.15. The van der Waals surface area contributed by atoms with Gasteiger partial charge in [0.25, 0.3) is 0 Å². The van der Waals surface area contributed by atoms with Crippen LogP contribution in [0, 0.1) is 0 Å². The van der Waals surface area contributed by atoms with Gasteiger partial charge < -0.3 is 4.74 Å². The Balaban J connectivity index is 3.23. The van der Waals surface area contributed by atoms with Crippen LogP contribution < -0.4 is 4.74 Å². The molecule has 0 amide bonds. The molecule has 0 unspecified atom stereocenters. The molecule has 0 radical (unpaired) electrons. The Morgan fingerprint density at radius 1 is 0.944 bits per heavy atom. The monoisotopic (exact) mass is 272 g/mol. The van der Waals surface area contributed by atoms with E-state index in [1.54, 1.807) is 13.8 Å². The summed E-state index contributed by atoms with van der Waals surface area (Å²) >= 11 is 0. The van der Waals surface area contributed by atoms with E-state index in [9.17, 15) is 26.3 Å². The minimum Gasteiger partial charge on any atom is -0.406 e. The molecule has 1 nitrogen and oxygen atoms in total. The highest BCUT2D eigenvalue weighted by Gasteiger charge is 2.35. The van der Waals surface area contributed by atoms with Crippen molar-refractivity contribution in [3.63, 3.8) is 0 Å². The molecule has 0 bridgehead atoms. The van der Waals surface area contributed by atoms with Gasteiger partial charge in [-0.15, -0.1) is 13.2 Å². The van der Waals surface area contributed by atoms with Crippen LogP contribution in [0.4, 0.5) is 26.3 Å². The summed E-state index contributed by atoms with van der Waals surface area (Å²) in [6, 6.07) is 2.10. The molecule has 1 aromatic rings. The van der Waals surface area contributed by atoms with Crippen LogP contribution in [0.3, 0.4) is 0 Å². The van der Waals surface area contributed by atoms with Crippen molar-refractivity contribution in [2.75, 3.05) is 0 Å². The lowest BCUT2D eigenvalue weighted by Crippen LogP contribution is -2.18. The molecular weight excluding hydrogens is 262 g/mol. The van der Waals surface area contributed by atoms with E-state index in [2.05, 4.69) is 4.74 Å². The molecule has 0 N–H and O–H groups in total. The zero-order valence-electron chi connectivity index (χ0n) is 9.49. The Morgan fingerprint density at radius 2 is 1.50 bits per heavy atom. The topological polar surface area (TPSA) is 9.23 Å². The van der Waals surface area contributed by atoms with E-state index in [1.807, 2.05) is 0 Å². The van der Waals surface area contributed by atoms with Crippen LogP contribution in [-0.2, 0) is 6.18 Å². The number of alkyl halides is 6. The number of hydrogen-bond donors (Lipinski definition) is 0. The summed E-state index contributed by atoms with van der Waals surface area (Å²) in [5, 5.41) is 0. The highest BCUT2D eigenvalue weighted by molar-refractivity contribution is 5.37. The molecule has 7 heteroatoms. The van der Waals surface area contributed by atoms with E-state index in [4.69, 9.17) is 0 Å². The van der Waals surface area contributed by atoms with Gasteiger partial charge in [-0.2, -0.15) is 13.2 Å². The normalized spacial score (nSPS) is 12.9. The van der Waals surface area contributed by atoms with Crippen molar-refractivity contribution in [3.8, 4) is 5.75 Å². The van der Waals surface area contributed by atoms with Gasteiger partial charge in [0.2, 0.25) is 0 Å². The maximum absolute atomic E-state index is 12.5. The standard InChI is InChI=1S/C11H10F6O/c1-6(2)7-3-8(10(12,13)14)5-9(4-7)18-11(15,16)17/h3-6H,1-2H3. The van der Waals surface area contributed by atoms with Gasteiger partial charge in [-0.3, -0.25) is 0 Å². The van der Waals surface area contributed by atoms with E-state index < -0.39 is 23.9 Å². The molecule has 1 aromatic carbocycles. The van der Waals surface area contributed by atoms with Gasteiger partial charge >= 0.3 is 12.5 Å². The number of benzene rings is 1. The average molecular weight is 272 g/mol. The van der Waals surface area contributed by atoms with Gasteiger partial charge in [0.05, 0.1) is 5.56 Å². The SMILES string of the molecule is CC(C)c1cc(OC(F)(F)F)cc(C(F)(F)F)c1. The van der Waals surface area contributed by atoms with Crippen molar-refractivity contribution in [2.45, 2.75) is 32.3 Å². The molecule has 0 heterocycles. The zero-order valence-corrected chi connectivity index (χ0v) is 9.49. The fraction of sp³-hybridized carbons (Fsp3) is 0.455. The molecule has 0 fully saturated rings. The lowest BCUT2D eigenvalue weighted by Gasteiger charge is -2.15. The third-order valence-electron chi connectivity index (χ3n) is 2.16. The Bertz CT molecular complexity index is 419. The van der Waals surface area contributed by atoms with Gasteiger partial charge in [-0.1, -0.05) is 13.8 Å². The molecule has 0 aliphatic heterocycles. The summed E-state index contributed by atoms with van der Waals surface area (Å²) < 4.78 is 77.0. The van der Waals surface area contributed by atoms with E-state index in [0.29, 0.717) is 6.07 Å². The smallest absolute Gasteiger partial charge is 0.406 e. The van der Waals surface area contributed by atoms with Crippen molar-refractivity contribution in [3.05, 3.63) is 29.3 Å². The Kier molecular flexibility index (Phi) is 3.83. The van der Waals surface area contributed by atoms with Crippen LogP contribution in [0.5, 0.6) is 5.75 Å². The third kappa shape index (κ3) is 4.12. The number of rotatable bonds is 2. The second-order valence-corrected chi connectivity index (χ2v) is 3.99. The molecule has 0 saturated carbocycles. The van der Waals surface area contributed by atoms with Crippen molar-refractivity contribution < 1.29 is 31.1 Å². The van der Waals surface area contributed by atoms with E-state index in [1.165, 1.54) is 0 Å². The first-order valence-corrected chi connectivity index (χ1v) is 4.97. The summed E-state index contributed by atoms with van der Waals surface area (Å²) in [4.78, 5) is 0. The van der Waals surface area contributed by atoms with E-state index in [-0.39, 0.29) is 11.5 Å². The summed E-state index contributed by atoms with van der Waals surface area (Å²) in [5.41, 5.74) is -1.03. The van der Waals surface area contributed by atoms with Gasteiger partial charge in [-0.25, -0.2) is 0 Å². The van der Waals surface area contributed by atoms with Gasteiger partial charge in [-0.05, 0) is 29.7 Å². The number of halogens is 6. The summed E-state index contributed by atoms with van der Waals surface area (Å²) in [5.74, 6) is -1.20. The second kappa shape index (κ2) is 4.70. The van der Waals surface area contributed by atoms with Gasteiger partial charge in [0.15, 0.2) is 0 Å². The molecule has 0 aromatic heterocycles. The quantitative estimate of drug-likeness (QED) is 0.707. The maximum atomic E-state index is 12.5. The number of hydrogen-bond acceptors (Lipinski definition) is 1. The van der Waals surface area contributed by atoms with Crippen molar-refractivity contribution in [1.29, 1.82) is 0 Å². The van der Waals surface area contributed by atoms with Crippen LogP contribution in [-0.4, -0.2) is 6.36 Å². The highest BCUT2D eigenvalue weighted by Crippen LogP contribution is 2.35. The molecule has 0 aliphatic rings. The first-order chi connectivity index (χ1) is 7.99. The summed E-state index contributed by atoms with van der Waals surface area (Å²) in [7, 11) is 0. The molecule has 0 spiro atoms. The lowest BCUT2D eigenvalue weighted by atomic mass is 10.00. The average Bonchev–Trinajstić information content (AvgIpc) is 2.12. The maximum Gasteiger partial charge on any atom is 0.573 e. The Morgan fingerprint density at radius 3 is 1.89 bits per heavy atom. The van der Waals surface area contributed by atoms with Crippen LogP contribution >= 0.6 is 0 Å². The Labute approximate surface area is 99.4 Å². The molecule has 0 aliphatic carbocycles. The van der Waals surface area contributed by atoms with Crippen molar-refractivity contribution in [1.82, 2.24) is 0 Å². The predicted molar refractivity (Wildman–Crippen MR) is 52.2 cm³/mol. The summed E-state index contributed by atoms with van der Waals surface area (Å²) in [6.07, 6.45) is -9.73.